The van der Waals surface area contributed by atoms with E-state index in [9.17, 15) is 0 Å². The van der Waals surface area contributed by atoms with Crippen LogP contribution < -0.4 is 5.73 Å². The normalized spacial score (nSPS) is 11.2. The second-order valence-corrected chi connectivity index (χ2v) is 4.31. The van der Waals surface area contributed by atoms with Crippen molar-refractivity contribution in [2.75, 3.05) is 5.73 Å². The van der Waals surface area contributed by atoms with E-state index >= 15 is 0 Å². The molecule has 0 spiro atoms. The van der Waals surface area contributed by atoms with E-state index in [0.717, 1.165) is 5.52 Å². The van der Waals surface area contributed by atoms with Gasteiger partial charge in [-0.1, -0.05) is 23.2 Å². The molecule has 86 valence electrons. The summed E-state index contributed by atoms with van der Waals surface area (Å²) in [5.74, 6) is 0.345. The number of imidazole rings is 1. The van der Waals surface area contributed by atoms with Gasteiger partial charge in [-0.05, 0) is 12.1 Å². The van der Waals surface area contributed by atoms with Crippen molar-refractivity contribution >= 4 is 40.2 Å². The summed E-state index contributed by atoms with van der Waals surface area (Å²) in [6.07, 6.45) is 1.66. The van der Waals surface area contributed by atoms with Gasteiger partial charge in [-0.3, -0.25) is 4.98 Å². The van der Waals surface area contributed by atoms with Crippen LogP contribution in [0, 0.1) is 0 Å². The van der Waals surface area contributed by atoms with Crippen molar-refractivity contribution in [1.29, 1.82) is 0 Å². The van der Waals surface area contributed by atoms with Crippen molar-refractivity contribution in [3.63, 3.8) is 0 Å². The standard InChI is InChI=1S/C10H7Cl2N5/c11-4-3-6(15-9(4)12)7-8-5(1-2-14-7)16-10(13)17-8/h1-3,15H,(H3,13,16,17). The molecule has 0 aromatic carbocycles. The van der Waals surface area contributed by atoms with Gasteiger partial charge in [0.2, 0.25) is 0 Å². The molecule has 0 atom stereocenters. The summed E-state index contributed by atoms with van der Waals surface area (Å²) >= 11 is 11.8. The van der Waals surface area contributed by atoms with Crippen LogP contribution in [-0.4, -0.2) is 19.9 Å². The Morgan fingerprint density at radius 1 is 1.24 bits per heavy atom. The second-order valence-electron chi connectivity index (χ2n) is 3.52. The van der Waals surface area contributed by atoms with Crippen LogP contribution in [-0.2, 0) is 0 Å². The van der Waals surface area contributed by atoms with E-state index in [1.165, 1.54) is 0 Å². The molecule has 3 heterocycles. The molecule has 17 heavy (non-hydrogen) atoms. The fourth-order valence-corrected chi connectivity index (χ4v) is 2.00. The highest BCUT2D eigenvalue weighted by Crippen LogP contribution is 2.30. The number of nitrogen functional groups attached to an aromatic ring is 1. The molecule has 3 rings (SSSR count). The van der Waals surface area contributed by atoms with Gasteiger partial charge in [0.15, 0.2) is 5.95 Å². The summed E-state index contributed by atoms with van der Waals surface area (Å²) < 4.78 is 0. The smallest absolute Gasteiger partial charge is 0.198 e. The number of H-pyrrole nitrogens is 2. The van der Waals surface area contributed by atoms with Gasteiger partial charge in [0.25, 0.3) is 0 Å². The summed E-state index contributed by atoms with van der Waals surface area (Å²) in [5, 5.41) is 0.827. The molecular weight excluding hydrogens is 261 g/mol. The van der Waals surface area contributed by atoms with Crippen LogP contribution >= 0.6 is 23.2 Å². The molecule has 3 aromatic heterocycles. The van der Waals surface area contributed by atoms with E-state index in [-0.39, 0.29) is 0 Å². The zero-order valence-electron chi connectivity index (χ0n) is 8.46. The first-order valence-corrected chi connectivity index (χ1v) is 5.55. The monoisotopic (exact) mass is 267 g/mol. The van der Waals surface area contributed by atoms with E-state index in [1.54, 1.807) is 18.3 Å². The highest BCUT2D eigenvalue weighted by molar-refractivity contribution is 6.41. The van der Waals surface area contributed by atoms with Crippen LogP contribution in [0.4, 0.5) is 5.95 Å². The molecule has 5 nitrogen and oxygen atoms in total. The van der Waals surface area contributed by atoms with Crippen molar-refractivity contribution in [3.05, 3.63) is 28.5 Å². The van der Waals surface area contributed by atoms with Crippen LogP contribution in [0.15, 0.2) is 18.3 Å². The predicted molar refractivity (Wildman–Crippen MR) is 68.1 cm³/mol. The summed E-state index contributed by atoms with van der Waals surface area (Å²) in [5.41, 5.74) is 8.47. The van der Waals surface area contributed by atoms with E-state index in [4.69, 9.17) is 28.9 Å². The minimum Gasteiger partial charge on any atom is -0.369 e. The van der Waals surface area contributed by atoms with E-state index < -0.39 is 0 Å². The molecule has 0 radical (unpaired) electrons. The van der Waals surface area contributed by atoms with Crippen molar-refractivity contribution < 1.29 is 0 Å². The number of hydrogen-bond acceptors (Lipinski definition) is 3. The topological polar surface area (TPSA) is 83.4 Å². The summed E-state index contributed by atoms with van der Waals surface area (Å²) in [7, 11) is 0. The number of aromatic nitrogens is 4. The fraction of sp³-hybridized carbons (Fsp3) is 0. The number of nitrogens with two attached hydrogens (primary N) is 1. The maximum absolute atomic E-state index is 5.89. The first-order chi connectivity index (χ1) is 8.15. The Balaban J connectivity index is 2.29. The largest absolute Gasteiger partial charge is 0.369 e. The van der Waals surface area contributed by atoms with Gasteiger partial charge < -0.3 is 15.7 Å². The third-order valence-electron chi connectivity index (χ3n) is 2.40. The first kappa shape index (κ1) is 10.4. The Morgan fingerprint density at radius 3 is 2.76 bits per heavy atom. The molecule has 0 fully saturated rings. The summed E-state index contributed by atoms with van der Waals surface area (Å²) in [6.45, 7) is 0. The third-order valence-corrected chi connectivity index (χ3v) is 3.09. The van der Waals surface area contributed by atoms with E-state index in [1.807, 2.05) is 0 Å². The Hall–Kier alpha value is -1.72. The number of anilines is 1. The highest BCUT2D eigenvalue weighted by atomic mass is 35.5. The summed E-state index contributed by atoms with van der Waals surface area (Å²) in [4.78, 5) is 14.3. The van der Waals surface area contributed by atoms with Crippen LogP contribution in [0.5, 0.6) is 0 Å². The Morgan fingerprint density at radius 2 is 2.06 bits per heavy atom. The number of nitrogens with one attached hydrogen (secondary N) is 2. The van der Waals surface area contributed by atoms with Gasteiger partial charge in [-0.2, -0.15) is 0 Å². The number of fused-ring (bicyclic) bond motifs is 1. The number of rotatable bonds is 1. The zero-order valence-corrected chi connectivity index (χ0v) is 9.97. The minimum atomic E-state index is 0.345. The van der Waals surface area contributed by atoms with Crippen LogP contribution in [0.25, 0.3) is 22.4 Å². The molecule has 0 amide bonds. The predicted octanol–water partition coefficient (Wildman–Crippen LogP) is 2.84. The Labute approximate surface area is 106 Å². The Kier molecular flexibility index (Phi) is 2.24. The third kappa shape index (κ3) is 1.64. The van der Waals surface area contributed by atoms with Crippen LogP contribution in [0.1, 0.15) is 0 Å². The van der Waals surface area contributed by atoms with Crippen molar-refractivity contribution in [2.45, 2.75) is 0 Å². The molecule has 0 aliphatic heterocycles. The molecule has 0 saturated carbocycles. The van der Waals surface area contributed by atoms with Gasteiger partial charge in [0, 0.05) is 6.20 Å². The second kappa shape index (κ2) is 3.65. The van der Waals surface area contributed by atoms with Gasteiger partial charge >= 0.3 is 0 Å². The molecule has 0 aliphatic rings. The molecule has 0 aliphatic carbocycles. The number of halogens is 2. The first-order valence-electron chi connectivity index (χ1n) is 4.80. The molecular formula is C10H7Cl2N5. The number of pyridine rings is 1. The molecule has 7 heteroatoms. The molecule has 3 aromatic rings. The number of aromatic amines is 2. The van der Waals surface area contributed by atoms with Gasteiger partial charge in [-0.25, -0.2) is 4.98 Å². The Bertz CT molecular complexity index is 680. The highest BCUT2D eigenvalue weighted by Gasteiger charge is 2.12. The van der Waals surface area contributed by atoms with E-state index in [2.05, 4.69) is 19.9 Å². The summed E-state index contributed by atoms with van der Waals surface area (Å²) in [6, 6.07) is 3.50. The lowest BCUT2D eigenvalue weighted by Crippen LogP contribution is -1.86. The van der Waals surface area contributed by atoms with Crippen molar-refractivity contribution in [3.8, 4) is 11.4 Å². The van der Waals surface area contributed by atoms with E-state index in [0.29, 0.717) is 33.0 Å². The average molecular weight is 268 g/mol. The van der Waals surface area contributed by atoms with Crippen LogP contribution in [0.3, 0.4) is 0 Å². The number of nitrogens with zero attached hydrogens (tertiary/aromatic N) is 2. The molecule has 0 unspecified atom stereocenters. The molecule has 0 bridgehead atoms. The maximum Gasteiger partial charge on any atom is 0.198 e. The zero-order chi connectivity index (χ0) is 12.0. The van der Waals surface area contributed by atoms with Crippen molar-refractivity contribution in [2.24, 2.45) is 0 Å². The average Bonchev–Trinajstić information content (AvgIpc) is 2.81. The minimum absolute atomic E-state index is 0.345. The van der Waals surface area contributed by atoms with Crippen LogP contribution in [0.2, 0.25) is 10.2 Å². The fourth-order valence-electron chi connectivity index (χ4n) is 1.68. The lowest BCUT2D eigenvalue weighted by atomic mass is 10.2. The van der Waals surface area contributed by atoms with Gasteiger partial charge in [0.1, 0.15) is 16.4 Å². The molecule has 0 saturated heterocycles. The van der Waals surface area contributed by atoms with Gasteiger partial charge in [-0.15, -0.1) is 0 Å². The van der Waals surface area contributed by atoms with Crippen molar-refractivity contribution in [1.82, 2.24) is 19.9 Å². The number of hydrogen-bond donors (Lipinski definition) is 3. The van der Waals surface area contributed by atoms with Gasteiger partial charge in [0.05, 0.1) is 16.2 Å². The lowest BCUT2D eigenvalue weighted by Gasteiger charge is -1.97. The maximum atomic E-state index is 5.89. The quantitative estimate of drug-likeness (QED) is 0.634. The SMILES string of the molecule is Nc1nc2c(-c3cc(Cl)c(Cl)[nH]3)nccc2[nH]1. The lowest BCUT2D eigenvalue weighted by molar-refractivity contribution is 1.29. The molecule has 4 N–H and O–H groups in total.